The predicted octanol–water partition coefficient (Wildman–Crippen LogP) is 8.10. The number of benzene rings is 4. The number of amides is 3. The van der Waals surface area contributed by atoms with Crippen LogP contribution in [-0.4, -0.2) is 162 Å². The first kappa shape index (κ1) is 65.2. The van der Waals surface area contributed by atoms with E-state index >= 15 is 0 Å². The minimum absolute atomic E-state index is 0.0391. The molecule has 15 rings (SSSR count). The highest BCUT2D eigenvalue weighted by molar-refractivity contribution is 6.10. The van der Waals surface area contributed by atoms with Crippen LogP contribution in [0.4, 0.5) is 35.3 Å². The van der Waals surface area contributed by atoms with Crippen LogP contribution >= 0.6 is 0 Å². The van der Waals surface area contributed by atoms with Crippen molar-refractivity contribution in [2.75, 3.05) is 91.2 Å². The molecule has 3 saturated heterocycles. The van der Waals surface area contributed by atoms with Crippen LogP contribution in [0.1, 0.15) is 53.6 Å². The summed E-state index contributed by atoms with van der Waals surface area (Å²) in [4.78, 5) is 121. The van der Waals surface area contributed by atoms with Gasteiger partial charge in [-0.2, -0.15) is 0 Å². The van der Waals surface area contributed by atoms with Gasteiger partial charge in [-0.1, -0.05) is 123 Å². The number of rotatable bonds is 15. The number of nitrogens with zero attached hydrogens (tertiary/aromatic N) is 17. The number of pyridine rings is 2. The standard InChI is InChI=1S/C25H23N7O2.C25H22N6O2.C24H21N7O2/c1-3-20(33)30-12-13-31(15-30)25-29-21(22-24(26)28-10-11-32(22)25)17-7-8-18(16(2)14-17)23(34)19-6-4-5-9-27-19;1-2-20(32)29-14-15-30(16-29)25-28-21(22-24(26)27-12-13-31(22)25)17-8-10-19(11-9-17)23(33)18-6-4-3-5-7-18;1-2-19(32)29-13-14-30(15-29)24-28-20(21-23(25)27-11-12-31(21)24)16-6-8-17(9-7-16)22(33)18-5-3-4-10-26-18/h3-11,14H,1,12-13,15H2,2H3,(H2,26,28);2-13H,1,14-16H2,(H2,26,27);2-12H,1,13-15H2,(H2,25,27). The summed E-state index contributed by atoms with van der Waals surface area (Å²) >= 11 is 0. The Kier molecular flexibility index (Phi) is 18.3. The fourth-order valence-corrected chi connectivity index (χ4v) is 12.3. The highest BCUT2D eigenvalue weighted by atomic mass is 16.2. The highest BCUT2D eigenvalue weighted by Gasteiger charge is 2.32. The van der Waals surface area contributed by atoms with Gasteiger partial charge in [0.1, 0.15) is 62.5 Å². The lowest BCUT2D eigenvalue weighted by Crippen LogP contribution is -2.30. The third kappa shape index (κ3) is 12.8. The molecular weight excluding hydrogens is 1260 g/mol. The molecule has 3 amide bonds. The van der Waals surface area contributed by atoms with E-state index in [1.807, 2.05) is 95.6 Å². The second-order valence-electron chi connectivity index (χ2n) is 23.5. The van der Waals surface area contributed by atoms with Crippen LogP contribution in [0, 0.1) is 6.92 Å². The third-order valence-electron chi connectivity index (χ3n) is 17.4. The van der Waals surface area contributed by atoms with Gasteiger partial charge in [-0.15, -0.1) is 0 Å². The second kappa shape index (κ2) is 28.0. The molecule has 3 aliphatic heterocycles. The van der Waals surface area contributed by atoms with Crippen molar-refractivity contribution >= 4 is 86.9 Å². The van der Waals surface area contributed by atoms with Crippen LogP contribution < -0.4 is 31.9 Å². The normalized spacial score (nSPS) is 13.4. The molecule has 4 aromatic carbocycles. The van der Waals surface area contributed by atoms with E-state index in [1.54, 1.807) is 137 Å². The minimum Gasteiger partial charge on any atom is -0.382 e. The summed E-state index contributed by atoms with van der Waals surface area (Å²) in [6, 6.07) is 39.8. The Morgan fingerprint density at radius 2 is 0.750 bits per heavy atom. The summed E-state index contributed by atoms with van der Waals surface area (Å²) in [5, 5.41) is 0. The number of carbonyl (C=O) groups excluding carboxylic acids is 6. The molecular formula is C74H66N20O6. The van der Waals surface area contributed by atoms with Crippen LogP contribution in [0.3, 0.4) is 0 Å². The number of aryl methyl sites for hydroxylation is 1. The minimum atomic E-state index is -0.150. The Morgan fingerprint density at radius 1 is 0.390 bits per heavy atom. The number of fused-ring (bicyclic) bond motifs is 3. The van der Waals surface area contributed by atoms with Gasteiger partial charge in [0.15, 0.2) is 5.78 Å². The maximum Gasteiger partial charge on any atom is 0.247 e. The summed E-state index contributed by atoms with van der Waals surface area (Å²) in [6.07, 6.45) is 17.4. The highest BCUT2D eigenvalue weighted by Crippen LogP contribution is 2.37. The Hall–Kier alpha value is -13.5. The number of hydrogen-bond donors (Lipinski definition) is 3. The predicted molar refractivity (Wildman–Crippen MR) is 381 cm³/mol. The number of nitrogen functional groups attached to an aromatic ring is 3. The lowest BCUT2D eigenvalue weighted by molar-refractivity contribution is -0.125. The van der Waals surface area contributed by atoms with E-state index in [2.05, 4.69) is 44.7 Å². The zero-order valence-electron chi connectivity index (χ0n) is 54.3. The average Bonchev–Trinajstić information content (AvgIpc) is 1.62. The maximum absolute atomic E-state index is 12.9. The zero-order chi connectivity index (χ0) is 69.7. The third-order valence-corrected chi connectivity index (χ3v) is 17.4. The van der Waals surface area contributed by atoms with Gasteiger partial charge in [0, 0.05) is 128 Å². The summed E-state index contributed by atoms with van der Waals surface area (Å²) in [5.74, 6) is 2.40. The van der Waals surface area contributed by atoms with E-state index in [0.717, 1.165) is 22.3 Å². The van der Waals surface area contributed by atoms with Gasteiger partial charge in [0.25, 0.3) is 0 Å². The first-order chi connectivity index (χ1) is 48.6. The molecule has 8 aromatic heterocycles. The monoisotopic (exact) mass is 1330 g/mol. The van der Waals surface area contributed by atoms with Gasteiger partial charge in [0.05, 0.1) is 20.0 Å². The van der Waals surface area contributed by atoms with E-state index in [1.165, 1.54) is 18.2 Å². The molecule has 26 heteroatoms. The molecule has 3 fully saturated rings. The van der Waals surface area contributed by atoms with E-state index in [0.29, 0.717) is 162 Å². The van der Waals surface area contributed by atoms with E-state index in [9.17, 15) is 28.8 Å². The van der Waals surface area contributed by atoms with E-state index in [-0.39, 0.29) is 35.1 Å². The molecule has 0 radical (unpaired) electrons. The average molecular weight is 1330 g/mol. The van der Waals surface area contributed by atoms with Crippen LogP contribution in [0.5, 0.6) is 0 Å². The largest absolute Gasteiger partial charge is 0.382 e. The van der Waals surface area contributed by atoms with Gasteiger partial charge >= 0.3 is 0 Å². The molecule has 26 nitrogen and oxygen atoms in total. The Balaban J connectivity index is 0.000000134. The van der Waals surface area contributed by atoms with Crippen molar-refractivity contribution < 1.29 is 28.8 Å². The van der Waals surface area contributed by atoms with Gasteiger partial charge in [-0.25, -0.2) is 29.9 Å². The zero-order valence-corrected chi connectivity index (χ0v) is 54.3. The van der Waals surface area contributed by atoms with Gasteiger partial charge in [-0.3, -0.25) is 51.9 Å². The van der Waals surface area contributed by atoms with Crippen molar-refractivity contribution in [3.05, 3.63) is 260 Å². The lowest BCUT2D eigenvalue weighted by Gasteiger charge is -2.17. The van der Waals surface area contributed by atoms with E-state index in [4.69, 9.17) is 32.2 Å². The molecule has 0 spiro atoms. The van der Waals surface area contributed by atoms with Crippen molar-refractivity contribution in [2.24, 2.45) is 0 Å². The lowest BCUT2D eigenvalue weighted by atomic mass is 9.98. The summed E-state index contributed by atoms with van der Waals surface area (Å²) in [6.45, 7) is 17.5. The maximum atomic E-state index is 12.9. The topological polar surface area (TPSA) is 316 Å². The van der Waals surface area contributed by atoms with E-state index < -0.39 is 0 Å². The van der Waals surface area contributed by atoms with Gasteiger partial charge < -0.3 is 46.6 Å². The smallest absolute Gasteiger partial charge is 0.247 e. The molecule has 498 valence electrons. The van der Waals surface area contributed by atoms with Gasteiger partial charge in [-0.05, 0) is 61.0 Å². The molecule has 12 aromatic rings. The van der Waals surface area contributed by atoms with Crippen LogP contribution in [0.2, 0.25) is 0 Å². The molecule has 0 atom stereocenters. The molecule has 0 saturated carbocycles. The number of carbonyl (C=O) groups is 6. The van der Waals surface area contributed by atoms with Crippen molar-refractivity contribution in [1.82, 2.24) is 67.8 Å². The molecule has 0 aliphatic carbocycles. The fourth-order valence-electron chi connectivity index (χ4n) is 12.3. The number of anilines is 6. The first-order valence-electron chi connectivity index (χ1n) is 31.8. The van der Waals surface area contributed by atoms with Crippen LogP contribution in [-0.2, 0) is 14.4 Å². The fraction of sp³-hybridized carbons (Fsp3) is 0.135. The number of ketones is 3. The van der Waals surface area contributed by atoms with Gasteiger partial charge in [0.2, 0.25) is 47.1 Å². The SMILES string of the molecule is C=CC(=O)N1CCN(c2nc(-c3ccc(C(=O)c4ccccc4)cc3)c3c(N)nccn23)C1.C=CC(=O)N1CCN(c2nc(-c3ccc(C(=O)c4ccccn4)c(C)c3)c3c(N)nccn23)C1.C=CC(=O)N1CCN(c2nc(-c3ccc(C(=O)c4ccccn4)cc3)c3c(N)nccn23)C1. The van der Waals surface area contributed by atoms with Crippen molar-refractivity contribution in [3.8, 4) is 33.8 Å². The number of imidazole rings is 3. The number of hydrogen-bond acceptors (Lipinski definition) is 20. The Morgan fingerprint density at radius 3 is 1.13 bits per heavy atom. The molecule has 100 heavy (non-hydrogen) atoms. The first-order valence-corrected chi connectivity index (χ1v) is 31.8. The van der Waals surface area contributed by atoms with Crippen molar-refractivity contribution in [1.29, 1.82) is 0 Å². The summed E-state index contributed by atoms with van der Waals surface area (Å²) in [5.41, 5.74) is 29.1. The van der Waals surface area contributed by atoms with Crippen LogP contribution in [0.25, 0.3) is 50.3 Å². The molecule has 11 heterocycles. The molecule has 0 unspecified atom stereocenters. The van der Waals surface area contributed by atoms with Crippen molar-refractivity contribution in [2.45, 2.75) is 6.92 Å². The van der Waals surface area contributed by atoms with Crippen molar-refractivity contribution in [3.63, 3.8) is 0 Å². The van der Waals surface area contributed by atoms with Crippen LogP contribution in [0.15, 0.2) is 221 Å². The summed E-state index contributed by atoms with van der Waals surface area (Å²) < 4.78 is 5.66. The molecule has 0 bridgehead atoms. The number of aromatic nitrogens is 11. The second-order valence-corrected chi connectivity index (χ2v) is 23.5. The quantitative estimate of drug-likeness (QED) is 0.0644. The summed E-state index contributed by atoms with van der Waals surface area (Å²) in [7, 11) is 0. The molecule has 6 N–H and O–H groups in total. The Labute approximate surface area is 573 Å². The Bertz CT molecular complexity index is 4960. The number of nitrogens with two attached hydrogens (primary N) is 3. The molecule has 3 aliphatic rings.